The first-order chi connectivity index (χ1) is 11.6. The van der Waals surface area contributed by atoms with Gasteiger partial charge in [-0.05, 0) is 54.7 Å². The van der Waals surface area contributed by atoms with E-state index in [1.165, 1.54) is 11.1 Å². The van der Waals surface area contributed by atoms with E-state index in [-0.39, 0.29) is 12.5 Å². The molecule has 2 aromatic rings. The molecule has 0 spiro atoms. The van der Waals surface area contributed by atoms with Crippen LogP contribution in [-0.4, -0.2) is 30.2 Å². The van der Waals surface area contributed by atoms with E-state index in [0.29, 0.717) is 17.9 Å². The molecule has 2 aromatic carbocycles. The maximum absolute atomic E-state index is 12.5. The number of benzene rings is 2. The second kappa shape index (κ2) is 6.87. The van der Waals surface area contributed by atoms with Gasteiger partial charge in [0.2, 0.25) is 0 Å². The topological polar surface area (TPSA) is 46.6 Å². The van der Waals surface area contributed by atoms with Crippen molar-refractivity contribution in [1.82, 2.24) is 4.90 Å². The second-order valence-corrected chi connectivity index (χ2v) is 6.22. The van der Waals surface area contributed by atoms with E-state index >= 15 is 0 Å². The molecule has 0 bridgehead atoms. The first-order valence-corrected chi connectivity index (χ1v) is 8.12. The Labute approximate surface area is 142 Å². The summed E-state index contributed by atoms with van der Waals surface area (Å²) in [4.78, 5) is 25.2. The van der Waals surface area contributed by atoms with E-state index in [9.17, 15) is 9.59 Å². The fraction of sp³-hybridized carbons (Fsp3) is 0.300. The average molecular weight is 323 g/mol. The zero-order chi connectivity index (χ0) is 17.1. The van der Waals surface area contributed by atoms with Crippen LogP contribution in [0.5, 0.6) is 5.75 Å². The number of aryl methyl sites for hydroxylation is 2. The minimum Gasteiger partial charge on any atom is -0.483 e. The van der Waals surface area contributed by atoms with Crippen LogP contribution in [0.4, 0.5) is 0 Å². The van der Waals surface area contributed by atoms with E-state index in [1.54, 1.807) is 12.1 Å². The summed E-state index contributed by atoms with van der Waals surface area (Å²) in [6.07, 6.45) is 1.70. The zero-order valence-corrected chi connectivity index (χ0v) is 14.0. The van der Waals surface area contributed by atoms with Crippen LogP contribution in [0.15, 0.2) is 36.4 Å². The number of nitrogens with zero attached hydrogens (tertiary/aromatic N) is 1. The summed E-state index contributed by atoms with van der Waals surface area (Å²) in [6, 6.07) is 11.8. The van der Waals surface area contributed by atoms with Crippen molar-refractivity contribution in [2.75, 3.05) is 13.2 Å². The predicted molar refractivity (Wildman–Crippen MR) is 92.4 cm³/mol. The van der Waals surface area contributed by atoms with E-state index in [1.807, 2.05) is 30.9 Å². The Hall–Kier alpha value is -2.62. The lowest BCUT2D eigenvalue weighted by atomic mass is 10.00. The molecule has 0 atom stereocenters. The second-order valence-electron chi connectivity index (χ2n) is 6.22. The van der Waals surface area contributed by atoms with Gasteiger partial charge < -0.3 is 9.64 Å². The summed E-state index contributed by atoms with van der Waals surface area (Å²) in [7, 11) is 0. The summed E-state index contributed by atoms with van der Waals surface area (Å²) in [6.45, 7) is 5.15. The molecule has 3 rings (SSSR count). The van der Waals surface area contributed by atoms with E-state index in [4.69, 9.17) is 4.74 Å². The molecule has 24 heavy (non-hydrogen) atoms. The molecular weight excluding hydrogens is 302 g/mol. The molecule has 1 aliphatic heterocycles. The van der Waals surface area contributed by atoms with Crippen LogP contribution in [-0.2, 0) is 17.8 Å². The molecule has 0 fully saturated rings. The molecule has 0 unspecified atom stereocenters. The van der Waals surface area contributed by atoms with Gasteiger partial charge >= 0.3 is 0 Å². The van der Waals surface area contributed by atoms with Gasteiger partial charge in [0.05, 0.1) is 0 Å². The Morgan fingerprint density at radius 1 is 1.17 bits per heavy atom. The van der Waals surface area contributed by atoms with Crippen molar-refractivity contribution in [1.29, 1.82) is 0 Å². The Kier molecular flexibility index (Phi) is 4.65. The monoisotopic (exact) mass is 323 g/mol. The van der Waals surface area contributed by atoms with Crippen LogP contribution in [0.3, 0.4) is 0 Å². The zero-order valence-electron chi connectivity index (χ0n) is 14.0. The number of ether oxygens (including phenoxy) is 1. The van der Waals surface area contributed by atoms with Crippen LogP contribution in [0.1, 0.15) is 32.6 Å². The first-order valence-electron chi connectivity index (χ1n) is 8.12. The highest BCUT2D eigenvalue weighted by molar-refractivity contribution is 5.79. The van der Waals surface area contributed by atoms with Gasteiger partial charge in [-0.2, -0.15) is 0 Å². The van der Waals surface area contributed by atoms with Gasteiger partial charge in [0.25, 0.3) is 5.91 Å². The standard InChI is InChI=1S/C20H21NO3/c1-14-9-16(12-22)10-15(2)20(14)24-13-19(23)21-8-7-17-5-3-4-6-18(17)11-21/h3-6,9-10,12H,7-8,11,13H2,1-2H3. The molecular formula is C20H21NO3. The third kappa shape index (κ3) is 3.32. The lowest BCUT2D eigenvalue weighted by Crippen LogP contribution is -2.38. The minimum atomic E-state index is -0.0113. The Balaban J connectivity index is 1.66. The molecule has 0 aliphatic carbocycles. The van der Waals surface area contributed by atoms with Crippen molar-refractivity contribution in [3.63, 3.8) is 0 Å². The molecule has 1 heterocycles. The largest absolute Gasteiger partial charge is 0.483 e. The Morgan fingerprint density at radius 3 is 2.50 bits per heavy atom. The van der Waals surface area contributed by atoms with Crippen LogP contribution >= 0.6 is 0 Å². The van der Waals surface area contributed by atoms with Crippen LogP contribution in [0, 0.1) is 13.8 Å². The van der Waals surface area contributed by atoms with Crippen molar-refractivity contribution < 1.29 is 14.3 Å². The van der Waals surface area contributed by atoms with Gasteiger partial charge in [-0.1, -0.05) is 24.3 Å². The molecule has 1 amide bonds. The van der Waals surface area contributed by atoms with Crippen molar-refractivity contribution >= 4 is 12.2 Å². The normalized spacial score (nSPS) is 13.3. The fourth-order valence-electron chi connectivity index (χ4n) is 3.21. The van der Waals surface area contributed by atoms with Gasteiger partial charge in [0.1, 0.15) is 12.0 Å². The van der Waals surface area contributed by atoms with Gasteiger partial charge in [-0.25, -0.2) is 0 Å². The molecule has 1 aliphatic rings. The Bertz CT molecular complexity index is 759. The molecule has 4 heteroatoms. The lowest BCUT2D eigenvalue weighted by molar-refractivity contribution is -0.134. The van der Waals surface area contributed by atoms with E-state index < -0.39 is 0 Å². The van der Waals surface area contributed by atoms with Gasteiger partial charge in [0, 0.05) is 18.7 Å². The molecule has 0 saturated carbocycles. The number of carbonyl (C=O) groups is 2. The minimum absolute atomic E-state index is 0.0113. The third-order valence-corrected chi connectivity index (χ3v) is 4.44. The predicted octanol–water partition coefficient (Wildman–Crippen LogP) is 3.08. The van der Waals surface area contributed by atoms with Crippen molar-refractivity contribution in [2.45, 2.75) is 26.8 Å². The summed E-state index contributed by atoms with van der Waals surface area (Å²) < 4.78 is 5.76. The third-order valence-electron chi connectivity index (χ3n) is 4.44. The molecule has 0 radical (unpaired) electrons. The highest BCUT2D eigenvalue weighted by Gasteiger charge is 2.21. The SMILES string of the molecule is Cc1cc(C=O)cc(C)c1OCC(=O)N1CCc2ccccc2C1. The average Bonchev–Trinajstić information content (AvgIpc) is 2.60. The highest BCUT2D eigenvalue weighted by atomic mass is 16.5. The number of hydrogen-bond acceptors (Lipinski definition) is 3. The van der Waals surface area contributed by atoms with Crippen molar-refractivity contribution in [3.8, 4) is 5.75 Å². The summed E-state index contributed by atoms with van der Waals surface area (Å²) in [5, 5.41) is 0. The highest BCUT2D eigenvalue weighted by Crippen LogP contribution is 2.25. The lowest BCUT2D eigenvalue weighted by Gasteiger charge is -2.29. The quantitative estimate of drug-likeness (QED) is 0.812. The maximum atomic E-state index is 12.5. The van der Waals surface area contributed by atoms with Crippen molar-refractivity contribution in [2.24, 2.45) is 0 Å². The number of carbonyl (C=O) groups excluding carboxylic acids is 2. The smallest absolute Gasteiger partial charge is 0.260 e. The van der Waals surface area contributed by atoms with Gasteiger partial charge in [-0.15, -0.1) is 0 Å². The summed E-state index contributed by atoms with van der Waals surface area (Å²) in [5.74, 6) is 0.675. The maximum Gasteiger partial charge on any atom is 0.260 e. The van der Waals surface area contributed by atoms with E-state index in [0.717, 1.165) is 30.4 Å². The number of hydrogen-bond donors (Lipinski definition) is 0. The van der Waals surface area contributed by atoms with Crippen LogP contribution < -0.4 is 4.74 Å². The summed E-state index contributed by atoms with van der Waals surface area (Å²) in [5.41, 5.74) is 4.89. The number of amides is 1. The molecule has 0 aromatic heterocycles. The van der Waals surface area contributed by atoms with Crippen molar-refractivity contribution in [3.05, 3.63) is 64.2 Å². The molecule has 0 N–H and O–H groups in total. The van der Waals surface area contributed by atoms with Gasteiger partial charge in [-0.3, -0.25) is 9.59 Å². The first kappa shape index (κ1) is 16.2. The Morgan fingerprint density at radius 2 is 1.83 bits per heavy atom. The van der Waals surface area contributed by atoms with E-state index in [2.05, 4.69) is 12.1 Å². The van der Waals surface area contributed by atoms with Crippen LogP contribution in [0.25, 0.3) is 0 Å². The number of fused-ring (bicyclic) bond motifs is 1. The number of rotatable bonds is 4. The molecule has 124 valence electrons. The molecule has 4 nitrogen and oxygen atoms in total. The molecule has 0 saturated heterocycles. The van der Waals surface area contributed by atoms with Crippen LogP contribution in [0.2, 0.25) is 0 Å². The number of aldehydes is 1. The summed E-state index contributed by atoms with van der Waals surface area (Å²) >= 11 is 0. The fourth-order valence-corrected chi connectivity index (χ4v) is 3.21. The van der Waals surface area contributed by atoms with Gasteiger partial charge in [0.15, 0.2) is 6.61 Å².